The Bertz CT molecular complexity index is 3770. The fourth-order valence-electron chi connectivity index (χ4n) is 11.3. The van der Waals surface area contributed by atoms with Crippen molar-refractivity contribution in [2.24, 2.45) is 11.1 Å². The maximum absolute atomic E-state index is 15.7. The molecule has 0 saturated carbocycles. The van der Waals surface area contributed by atoms with Crippen LogP contribution < -0.4 is 10.6 Å². The second-order valence-electron chi connectivity index (χ2n) is 19.8. The highest BCUT2D eigenvalue weighted by Gasteiger charge is 2.60. The van der Waals surface area contributed by atoms with Crippen LogP contribution in [0.3, 0.4) is 0 Å². The first kappa shape index (κ1) is 56.5. The van der Waals surface area contributed by atoms with Gasteiger partial charge in [0.05, 0.1) is 6.04 Å². The molecule has 1 unspecified atom stereocenters. The van der Waals surface area contributed by atoms with Crippen LogP contribution in [0.15, 0.2) is 259 Å². The van der Waals surface area contributed by atoms with Gasteiger partial charge in [0.25, 0.3) is 11.8 Å². The maximum Gasteiger partial charge on any atom is 0.534 e. The van der Waals surface area contributed by atoms with E-state index in [4.69, 9.17) is 30.8 Å². The van der Waals surface area contributed by atoms with Crippen LogP contribution >= 0.6 is 22.9 Å². The van der Waals surface area contributed by atoms with E-state index >= 15 is 4.79 Å². The third kappa shape index (κ3) is 10.6. The average molecular weight is 1180 g/mol. The number of allylic oxidation sites excluding steroid dienone is 1. The van der Waals surface area contributed by atoms with Crippen molar-refractivity contribution >= 4 is 61.7 Å². The molecule has 11 rings (SSSR count). The van der Waals surface area contributed by atoms with Crippen molar-refractivity contribution in [2.75, 3.05) is 5.32 Å². The van der Waals surface area contributed by atoms with Crippen LogP contribution in [-0.2, 0) is 44.7 Å². The lowest BCUT2D eigenvalue weighted by Crippen LogP contribution is -2.73. The zero-order valence-corrected chi connectivity index (χ0v) is 46.5. The lowest BCUT2D eigenvalue weighted by Gasteiger charge is -2.52. The lowest BCUT2D eigenvalue weighted by molar-refractivity contribution is -0.157. The third-order valence-electron chi connectivity index (χ3n) is 15.0. The maximum atomic E-state index is 15.7. The molecular formula is C65H49ClF3N5O8S2. The molecule has 1 saturated heterocycles. The number of fused-ring (bicyclic) bond motifs is 1. The molecule has 8 aromatic carbocycles. The summed E-state index contributed by atoms with van der Waals surface area (Å²) in [6.07, 6.45) is -0.418. The van der Waals surface area contributed by atoms with Crippen molar-refractivity contribution < 1.29 is 50.1 Å². The summed E-state index contributed by atoms with van der Waals surface area (Å²) < 4.78 is 73.7. The summed E-state index contributed by atoms with van der Waals surface area (Å²) in [5.74, 6) is -7.82. The number of nitrogens with zero attached hydrogens (tertiary/aromatic N) is 3. The van der Waals surface area contributed by atoms with Crippen molar-refractivity contribution in [1.29, 1.82) is 0 Å². The molecule has 1 aromatic heterocycles. The lowest BCUT2D eigenvalue weighted by atomic mass is 9.71. The van der Waals surface area contributed by atoms with Crippen molar-refractivity contribution in [1.82, 2.24) is 15.2 Å². The summed E-state index contributed by atoms with van der Waals surface area (Å²) in [4.78, 5) is 56.4. The highest BCUT2D eigenvalue weighted by Crippen LogP contribution is 2.50. The van der Waals surface area contributed by atoms with Gasteiger partial charge in [-0.25, -0.2) is 9.78 Å². The van der Waals surface area contributed by atoms with E-state index in [1.807, 2.05) is 182 Å². The molecule has 19 heteroatoms. The minimum absolute atomic E-state index is 0.0422. The van der Waals surface area contributed by atoms with Crippen LogP contribution in [0.4, 0.5) is 18.3 Å². The minimum Gasteiger partial charge on any atom is -0.476 e. The standard InChI is InChI=1S/C65H49ClF3N5O8S2/c66-58-54(71-62(83-58)72-63(44-29-13-3-14-30-44,45-31-15-4-16-32-45)46-33-17-5-18-34-46)55(73-82-64(47-35-19-6-20-36-47,48-37-21-7-22-38-48)49-39-23-8-24-40-49)59(75)70-53-51-41-50(52(42-25-9-1-10-26-42)43-27-11-2-12-28-43)57(81-84(79,80)65(67,68)69)56(61(77)78)74(51)60(53)76/h1-40,50-53H,41H2,(H,70,75)(H,71,72)(H,77,78)/t50?,51-,53+/m1/s1. The van der Waals surface area contributed by atoms with Gasteiger partial charge in [-0.1, -0.05) is 271 Å². The average Bonchev–Trinajstić information content (AvgIpc) is 2.58. The summed E-state index contributed by atoms with van der Waals surface area (Å²) >= 11 is 8.31. The van der Waals surface area contributed by atoms with Gasteiger partial charge in [0.2, 0.25) is 5.60 Å². The number of anilines is 1. The Morgan fingerprint density at radius 2 is 1.04 bits per heavy atom. The summed E-state index contributed by atoms with van der Waals surface area (Å²) in [6, 6.07) is 70.2. The molecule has 0 bridgehead atoms. The molecule has 84 heavy (non-hydrogen) atoms. The first-order valence-electron chi connectivity index (χ1n) is 26.4. The quantitative estimate of drug-likeness (QED) is 0.0176. The monoisotopic (exact) mass is 1180 g/mol. The number of carbonyl (C=O) groups excluding carboxylic acids is 2. The highest BCUT2D eigenvalue weighted by molar-refractivity contribution is 7.87. The van der Waals surface area contributed by atoms with E-state index in [1.165, 1.54) is 0 Å². The van der Waals surface area contributed by atoms with Crippen molar-refractivity contribution in [2.45, 2.75) is 41.1 Å². The zero-order valence-electron chi connectivity index (χ0n) is 44.1. The van der Waals surface area contributed by atoms with Gasteiger partial charge in [-0.15, -0.1) is 0 Å². The molecule has 0 aliphatic carbocycles. The van der Waals surface area contributed by atoms with Crippen molar-refractivity contribution in [3.8, 4) is 0 Å². The summed E-state index contributed by atoms with van der Waals surface area (Å²) in [5, 5.41) is 22.3. The normalized spacial score (nSPS) is 16.5. The largest absolute Gasteiger partial charge is 0.534 e. The van der Waals surface area contributed by atoms with Gasteiger partial charge in [0.15, 0.2) is 22.3 Å². The van der Waals surface area contributed by atoms with E-state index < -0.39 is 92.1 Å². The summed E-state index contributed by atoms with van der Waals surface area (Å²) in [7, 11) is -6.53. The number of hydrogen-bond acceptors (Lipinski definition) is 11. The molecule has 2 amide bonds. The number of carbonyl (C=O) groups is 3. The molecule has 3 N–H and O–H groups in total. The van der Waals surface area contributed by atoms with E-state index in [1.54, 1.807) is 60.7 Å². The fourth-order valence-corrected chi connectivity index (χ4v) is 12.9. The van der Waals surface area contributed by atoms with Crippen LogP contribution in [-0.4, -0.2) is 64.5 Å². The fraction of sp³-hybridized carbons (Fsp3) is 0.123. The molecular weight excluding hydrogens is 1140 g/mol. The van der Waals surface area contributed by atoms with Gasteiger partial charge >= 0.3 is 21.6 Å². The van der Waals surface area contributed by atoms with Gasteiger partial charge in [-0.05, 0) is 34.2 Å². The topological polar surface area (TPSA) is 177 Å². The molecule has 13 nitrogen and oxygen atoms in total. The SMILES string of the molecule is O=C(O)C1=C(OS(=O)(=O)C(F)(F)F)C(C(c2ccccc2)c2ccccc2)C[C@@H]2[C@H](NC(=O)C(=NOC(c3ccccc3)(c3ccccc3)c3ccccc3)c3nc(NC(c4ccccc4)(c4ccccc4)c4ccccc4)sc3Cl)C(=O)N12. The number of amides is 2. The number of nitrogens with one attached hydrogen (secondary N) is 2. The van der Waals surface area contributed by atoms with E-state index in [2.05, 4.69) is 10.6 Å². The minimum atomic E-state index is -6.53. The number of carboxylic acid groups (broad SMARTS) is 1. The Morgan fingerprint density at radius 3 is 1.43 bits per heavy atom. The van der Waals surface area contributed by atoms with Crippen LogP contribution in [0, 0.1) is 5.92 Å². The number of carboxylic acids is 1. The Kier molecular flexibility index (Phi) is 15.8. The molecule has 0 radical (unpaired) electrons. The molecule has 2 aliphatic heterocycles. The number of β-lactam (4-membered cyclic amide) rings is 1. The van der Waals surface area contributed by atoms with Gasteiger partial charge < -0.3 is 24.8 Å². The van der Waals surface area contributed by atoms with Crippen LogP contribution in [0.25, 0.3) is 0 Å². The Balaban J connectivity index is 1.07. The molecule has 9 aromatic rings. The summed E-state index contributed by atoms with van der Waals surface area (Å²) in [5.41, 5.74) is -5.41. The second-order valence-corrected chi connectivity index (χ2v) is 22.9. The molecule has 2 aliphatic rings. The van der Waals surface area contributed by atoms with E-state index in [0.29, 0.717) is 32.7 Å². The third-order valence-corrected chi connectivity index (χ3v) is 17.1. The Hall–Kier alpha value is -9.36. The summed E-state index contributed by atoms with van der Waals surface area (Å²) in [6.45, 7) is 0. The van der Waals surface area contributed by atoms with Gasteiger partial charge in [-0.2, -0.15) is 21.6 Å². The number of rotatable bonds is 19. The molecule has 422 valence electrons. The van der Waals surface area contributed by atoms with Crippen molar-refractivity contribution in [3.63, 3.8) is 0 Å². The first-order valence-corrected chi connectivity index (χ1v) is 29.0. The predicted octanol–water partition coefficient (Wildman–Crippen LogP) is 12.6. The van der Waals surface area contributed by atoms with E-state index in [0.717, 1.165) is 28.0 Å². The number of thiazole rings is 1. The number of oxime groups is 1. The van der Waals surface area contributed by atoms with Crippen molar-refractivity contribution in [3.05, 3.63) is 309 Å². The Labute approximate surface area is 490 Å². The van der Waals surface area contributed by atoms with Crippen LogP contribution in [0.2, 0.25) is 4.34 Å². The molecule has 0 spiro atoms. The smallest absolute Gasteiger partial charge is 0.476 e. The van der Waals surface area contributed by atoms with Gasteiger partial charge in [0.1, 0.15) is 21.6 Å². The first-order chi connectivity index (χ1) is 40.6. The number of benzene rings is 8. The molecule has 3 heterocycles. The van der Waals surface area contributed by atoms with Crippen LogP contribution in [0.5, 0.6) is 0 Å². The van der Waals surface area contributed by atoms with Gasteiger partial charge in [0, 0.05) is 28.5 Å². The predicted molar refractivity (Wildman–Crippen MR) is 313 cm³/mol. The van der Waals surface area contributed by atoms with Gasteiger partial charge in [-0.3, -0.25) is 14.5 Å². The second kappa shape index (κ2) is 23.5. The number of alkyl halides is 3. The number of aromatic nitrogens is 1. The molecule has 3 atom stereocenters. The van der Waals surface area contributed by atoms with Crippen LogP contribution in [0.1, 0.15) is 62.5 Å². The number of halogens is 4. The van der Waals surface area contributed by atoms with E-state index in [9.17, 15) is 36.3 Å². The Morgan fingerprint density at radius 1 is 0.643 bits per heavy atom. The zero-order chi connectivity index (χ0) is 58.6. The molecule has 1 fully saturated rings. The number of aliphatic carboxylic acids is 1. The number of hydrogen-bond donors (Lipinski definition) is 3. The van der Waals surface area contributed by atoms with E-state index in [-0.39, 0.29) is 15.2 Å². The highest BCUT2D eigenvalue weighted by atomic mass is 35.5.